The lowest BCUT2D eigenvalue weighted by atomic mass is 9.91. The molecule has 104 valence electrons. The Bertz CT molecular complexity index is 532. The summed E-state index contributed by atoms with van der Waals surface area (Å²) in [5, 5.41) is 14.4. The molecule has 0 saturated heterocycles. The number of H-pyrrole nitrogens is 1. The highest BCUT2D eigenvalue weighted by Gasteiger charge is 2.34. The van der Waals surface area contributed by atoms with Crippen molar-refractivity contribution < 1.29 is 10.0 Å². The number of hydrogen-bond donors (Lipinski definition) is 4. The molecule has 1 amide bonds. The van der Waals surface area contributed by atoms with Crippen molar-refractivity contribution in [3.8, 4) is 0 Å². The zero-order valence-electron chi connectivity index (χ0n) is 10.9. The summed E-state index contributed by atoms with van der Waals surface area (Å²) in [6.45, 7) is 3.61. The second kappa shape index (κ2) is 6.03. The molecule has 1 heterocycles. The third kappa shape index (κ3) is 2.93. The highest BCUT2D eigenvalue weighted by molar-refractivity contribution is 5.99. The predicted octanol–water partition coefficient (Wildman–Crippen LogP) is 0.410. The summed E-state index contributed by atoms with van der Waals surface area (Å²) in [5.41, 5.74) is 4.27. The van der Waals surface area contributed by atoms with E-state index in [0.717, 1.165) is 0 Å². The normalized spacial score (nSPS) is 12.2. The van der Waals surface area contributed by atoms with Crippen molar-refractivity contribution in [2.45, 2.75) is 32.2 Å². The van der Waals surface area contributed by atoms with Crippen LogP contribution < -0.4 is 16.5 Å². The second-order valence-corrected chi connectivity index (χ2v) is 4.15. The highest BCUT2D eigenvalue weighted by Crippen LogP contribution is 2.16. The molecule has 0 radical (unpaired) electrons. The van der Waals surface area contributed by atoms with Crippen LogP contribution in [0.2, 0.25) is 0 Å². The monoisotopic (exact) mass is 266 g/mol. The van der Waals surface area contributed by atoms with E-state index in [1.165, 1.54) is 18.5 Å². The van der Waals surface area contributed by atoms with Crippen LogP contribution in [-0.2, 0) is 0 Å². The third-order valence-corrected chi connectivity index (χ3v) is 3.23. The van der Waals surface area contributed by atoms with E-state index in [2.05, 4.69) is 15.5 Å². The fourth-order valence-electron chi connectivity index (χ4n) is 1.83. The molecule has 0 spiro atoms. The lowest BCUT2D eigenvalue weighted by molar-refractivity contribution is 0.0916. The molecule has 0 aliphatic heterocycles. The number of aromatic amines is 1. The number of carbonyl (C=O) groups is 1. The van der Waals surface area contributed by atoms with E-state index in [0.29, 0.717) is 12.8 Å². The maximum Gasteiger partial charge on any atom is 0.257 e. The van der Waals surface area contributed by atoms with Gasteiger partial charge < -0.3 is 21.2 Å². The van der Waals surface area contributed by atoms with Gasteiger partial charge in [0.1, 0.15) is 11.1 Å². The van der Waals surface area contributed by atoms with Gasteiger partial charge in [0.05, 0.1) is 0 Å². The topological polar surface area (TPSA) is 121 Å². The molecule has 0 aliphatic rings. The lowest BCUT2D eigenvalue weighted by Crippen LogP contribution is -2.57. The van der Waals surface area contributed by atoms with Crippen molar-refractivity contribution in [3.63, 3.8) is 0 Å². The molecule has 0 aromatic carbocycles. The Balaban J connectivity index is 3.09. The first-order valence-corrected chi connectivity index (χ1v) is 5.98. The second-order valence-electron chi connectivity index (χ2n) is 4.15. The molecule has 0 atom stereocenters. The third-order valence-electron chi connectivity index (χ3n) is 3.23. The molecule has 7 nitrogen and oxygen atoms in total. The van der Waals surface area contributed by atoms with E-state index in [4.69, 9.17) is 10.9 Å². The van der Waals surface area contributed by atoms with E-state index >= 15 is 0 Å². The van der Waals surface area contributed by atoms with Crippen molar-refractivity contribution in [3.05, 3.63) is 34.2 Å². The van der Waals surface area contributed by atoms with Gasteiger partial charge in [-0.05, 0) is 12.8 Å². The van der Waals surface area contributed by atoms with Gasteiger partial charge in [-0.25, -0.2) is 0 Å². The highest BCUT2D eigenvalue weighted by atomic mass is 16.4. The molecular formula is C12H18N4O3. The molecule has 1 aromatic heterocycles. The van der Waals surface area contributed by atoms with Gasteiger partial charge in [0, 0.05) is 18.5 Å². The summed E-state index contributed by atoms with van der Waals surface area (Å²) in [6, 6.07) is 1.26. The number of pyridine rings is 1. The van der Waals surface area contributed by atoms with Crippen LogP contribution >= 0.6 is 0 Å². The van der Waals surface area contributed by atoms with Crippen molar-refractivity contribution in [1.82, 2.24) is 10.3 Å². The minimum atomic E-state index is -0.964. The number of carbonyl (C=O) groups excluding carboxylic acids is 1. The van der Waals surface area contributed by atoms with Crippen molar-refractivity contribution in [2.24, 2.45) is 10.9 Å². The van der Waals surface area contributed by atoms with Gasteiger partial charge in [0.15, 0.2) is 11.3 Å². The van der Waals surface area contributed by atoms with Crippen LogP contribution in [0, 0.1) is 0 Å². The first-order chi connectivity index (χ1) is 9.00. The fourth-order valence-corrected chi connectivity index (χ4v) is 1.83. The van der Waals surface area contributed by atoms with Gasteiger partial charge >= 0.3 is 0 Å². The molecule has 1 aromatic rings. The van der Waals surface area contributed by atoms with Gasteiger partial charge in [-0.1, -0.05) is 19.0 Å². The number of oxime groups is 1. The maximum absolute atomic E-state index is 12.1. The predicted molar refractivity (Wildman–Crippen MR) is 71.3 cm³/mol. The Morgan fingerprint density at radius 2 is 2.16 bits per heavy atom. The number of amides is 1. The van der Waals surface area contributed by atoms with Gasteiger partial charge in [-0.2, -0.15) is 0 Å². The summed E-state index contributed by atoms with van der Waals surface area (Å²) in [6.07, 6.45) is 3.64. The van der Waals surface area contributed by atoms with Crippen molar-refractivity contribution in [1.29, 1.82) is 0 Å². The Kier molecular flexibility index (Phi) is 4.68. The molecule has 19 heavy (non-hydrogen) atoms. The Labute approximate surface area is 110 Å². The van der Waals surface area contributed by atoms with Gasteiger partial charge in [-0.3, -0.25) is 9.59 Å². The van der Waals surface area contributed by atoms with Crippen LogP contribution in [0.5, 0.6) is 0 Å². The van der Waals surface area contributed by atoms with E-state index < -0.39 is 16.9 Å². The number of rotatable bonds is 5. The molecule has 0 saturated carbocycles. The average Bonchev–Trinajstić information content (AvgIpc) is 2.44. The number of nitrogens with zero attached hydrogens (tertiary/aromatic N) is 1. The Morgan fingerprint density at radius 1 is 1.53 bits per heavy atom. The molecule has 7 heteroatoms. The van der Waals surface area contributed by atoms with Crippen LogP contribution in [0.3, 0.4) is 0 Å². The zero-order chi connectivity index (χ0) is 14.5. The quantitative estimate of drug-likeness (QED) is 0.267. The largest absolute Gasteiger partial charge is 0.409 e. The van der Waals surface area contributed by atoms with E-state index in [-0.39, 0.29) is 11.4 Å². The zero-order valence-corrected chi connectivity index (χ0v) is 10.9. The molecular weight excluding hydrogens is 248 g/mol. The number of hydrogen-bond acceptors (Lipinski definition) is 4. The number of amidine groups is 1. The summed E-state index contributed by atoms with van der Waals surface area (Å²) < 4.78 is 0. The van der Waals surface area contributed by atoms with Gasteiger partial charge in [-0.15, -0.1) is 0 Å². The Hall–Kier alpha value is -2.31. The number of nitrogens with one attached hydrogen (secondary N) is 2. The van der Waals surface area contributed by atoms with Crippen LogP contribution in [0.4, 0.5) is 0 Å². The Morgan fingerprint density at radius 3 is 2.63 bits per heavy atom. The number of aromatic nitrogens is 1. The van der Waals surface area contributed by atoms with E-state index in [9.17, 15) is 9.59 Å². The molecule has 0 unspecified atom stereocenters. The molecule has 0 fully saturated rings. The number of nitrogens with two attached hydrogens (primary N) is 1. The summed E-state index contributed by atoms with van der Waals surface area (Å²) >= 11 is 0. The van der Waals surface area contributed by atoms with Crippen LogP contribution in [0.25, 0.3) is 0 Å². The van der Waals surface area contributed by atoms with Crippen molar-refractivity contribution in [2.75, 3.05) is 0 Å². The van der Waals surface area contributed by atoms with Crippen LogP contribution in [0.1, 0.15) is 37.0 Å². The van der Waals surface area contributed by atoms with Crippen LogP contribution in [-0.4, -0.2) is 27.5 Å². The molecule has 0 bridgehead atoms. The first-order valence-electron chi connectivity index (χ1n) is 5.98. The minimum Gasteiger partial charge on any atom is -0.409 e. The first kappa shape index (κ1) is 14.7. The van der Waals surface area contributed by atoms with E-state index in [1.807, 2.05) is 0 Å². The maximum atomic E-state index is 12.1. The SMILES string of the molecule is CCC(CC)(NC(=O)c1c[nH]ccc1=O)/C(N)=N/O. The summed E-state index contributed by atoms with van der Waals surface area (Å²) in [5.74, 6) is -0.643. The molecule has 0 aliphatic carbocycles. The van der Waals surface area contributed by atoms with E-state index in [1.54, 1.807) is 13.8 Å². The summed E-state index contributed by atoms with van der Waals surface area (Å²) in [4.78, 5) is 26.3. The molecule has 1 rings (SSSR count). The summed E-state index contributed by atoms with van der Waals surface area (Å²) in [7, 11) is 0. The van der Waals surface area contributed by atoms with Crippen LogP contribution in [0.15, 0.2) is 28.4 Å². The smallest absolute Gasteiger partial charge is 0.257 e. The van der Waals surface area contributed by atoms with Crippen molar-refractivity contribution >= 4 is 11.7 Å². The van der Waals surface area contributed by atoms with Gasteiger partial charge in [0.2, 0.25) is 0 Å². The minimum absolute atomic E-state index is 0.0143. The fraction of sp³-hybridized carbons (Fsp3) is 0.417. The molecule has 5 N–H and O–H groups in total. The average molecular weight is 266 g/mol. The van der Waals surface area contributed by atoms with Gasteiger partial charge in [0.25, 0.3) is 5.91 Å². The lowest BCUT2D eigenvalue weighted by Gasteiger charge is -2.31. The standard InChI is InChI=1S/C12H18N4O3/c1-3-12(4-2,11(13)16-19)15-10(18)8-7-14-6-5-9(8)17/h5-7,19H,3-4H2,1-2H3,(H2,13,16)(H,14,17)(H,15,18).